The first kappa shape index (κ1) is 18.2. The van der Waals surface area contributed by atoms with E-state index in [2.05, 4.69) is 15.3 Å². The van der Waals surface area contributed by atoms with E-state index in [1.165, 1.54) is 29.1 Å². The number of thiazole rings is 1. The van der Waals surface area contributed by atoms with Crippen molar-refractivity contribution >= 4 is 33.7 Å². The molecular formula is C19H15N3O4S2. The quantitative estimate of drug-likeness (QED) is 0.489. The Balaban J connectivity index is 1.55. The lowest BCUT2D eigenvalue weighted by molar-refractivity contribution is 0.102. The summed E-state index contributed by atoms with van der Waals surface area (Å²) in [6.45, 7) is 0. The molecule has 0 fully saturated rings. The zero-order valence-electron chi connectivity index (χ0n) is 15.0. The lowest BCUT2D eigenvalue weighted by Gasteiger charge is -2.08. The van der Waals surface area contributed by atoms with Gasteiger partial charge in [0.1, 0.15) is 0 Å². The van der Waals surface area contributed by atoms with Crippen molar-refractivity contribution in [2.75, 3.05) is 19.5 Å². The summed E-state index contributed by atoms with van der Waals surface area (Å²) in [5.74, 6) is 1.33. The number of rotatable bonds is 6. The molecule has 4 rings (SSSR count). The van der Waals surface area contributed by atoms with Gasteiger partial charge < -0.3 is 13.9 Å². The maximum absolute atomic E-state index is 12.6. The summed E-state index contributed by atoms with van der Waals surface area (Å²) >= 11 is 2.80. The van der Waals surface area contributed by atoms with Gasteiger partial charge in [0.05, 0.1) is 24.8 Å². The summed E-state index contributed by atoms with van der Waals surface area (Å²) in [5, 5.41) is 7.02. The highest BCUT2D eigenvalue weighted by molar-refractivity contribution is 7.14. The highest BCUT2D eigenvalue weighted by Gasteiger charge is 2.20. The summed E-state index contributed by atoms with van der Waals surface area (Å²) in [6.07, 6.45) is 1.26. The molecule has 4 aromatic rings. The van der Waals surface area contributed by atoms with E-state index in [4.69, 9.17) is 13.9 Å². The first-order chi connectivity index (χ1) is 13.7. The molecule has 0 saturated carbocycles. The van der Waals surface area contributed by atoms with Crippen LogP contribution in [-0.2, 0) is 0 Å². The monoisotopic (exact) mass is 413 g/mol. The van der Waals surface area contributed by atoms with E-state index < -0.39 is 0 Å². The zero-order chi connectivity index (χ0) is 19.5. The van der Waals surface area contributed by atoms with Gasteiger partial charge in [0.25, 0.3) is 5.91 Å². The highest BCUT2D eigenvalue weighted by atomic mass is 32.1. The van der Waals surface area contributed by atoms with Gasteiger partial charge in [-0.25, -0.2) is 9.97 Å². The molecule has 1 aromatic carbocycles. The number of carbonyl (C=O) groups excluding carboxylic acids is 1. The second-order valence-electron chi connectivity index (χ2n) is 5.57. The van der Waals surface area contributed by atoms with Crippen LogP contribution in [0.4, 0.5) is 5.13 Å². The average Bonchev–Trinajstić information content (AvgIpc) is 3.47. The Hall–Kier alpha value is -3.17. The molecule has 0 spiro atoms. The number of nitrogens with zero attached hydrogens (tertiary/aromatic N) is 2. The van der Waals surface area contributed by atoms with E-state index in [-0.39, 0.29) is 11.6 Å². The highest BCUT2D eigenvalue weighted by Crippen LogP contribution is 2.34. The number of anilines is 1. The zero-order valence-corrected chi connectivity index (χ0v) is 16.6. The molecule has 1 N–H and O–H groups in total. The van der Waals surface area contributed by atoms with Crippen LogP contribution in [0.2, 0.25) is 0 Å². The van der Waals surface area contributed by atoms with Crippen molar-refractivity contribution in [2.45, 2.75) is 0 Å². The SMILES string of the molecule is COc1ccc(-c2csc(NC(=O)c3ncoc3-c3cccs3)n2)cc1OC. The van der Waals surface area contributed by atoms with Crippen LogP contribution in [0.3, 0.4) is 0 Å². The third-order valence-electron chi connectivity index (χ3n) is 3.93. The molecular weight excluding hydrogens is 398 g/mol. The first-order valence-corrected chi connectivity index (χ1v) is 9.92. The lowest BCUT2D eigenvalue weighted by atomic mass is 10.1. The van der Waals surface area contributed by atoms with E-state index in [1.807, 2.05) is 41.1 Å². The lowest BCUT2D eigenvalue weighted by Crippen LogP contribution is -2.13. The largest absolute Gasteiger partial charge is 0.493 e. The van der Waals surface area contributed by atoms with Gasteiger partial charge in [0.15, 0.2) is 34.5 Å². The van der Waals surface area contributed by atoms with Crippen molar-refractivity contribution < 1.29 is 18.7 Å². The summed E-state index contributed by atoms with van der Waals surface area (Å²) in [6, 6.07) is 9.30. The maximum atomic E-state index is 12.6. The number of carbonyl (C=O) groups is 1. The van der Waals surface area contributed by atoms with Crippen LogP contribution in [0.15, 0.2) is 51.9 Å². The molecule has 0 radical (unpaired) electrons. The van der Waals surface area contributed by atoms with E-state index in [9.17, 15) is 4.79 Å². The number of methoxy groups -OCH3 is 2. The molecule has 9 heteroatoms. The average molecular weight is 413 g/mol. The predicted molar refractivity (Wildman–Crippen MR) is 108 cm³/mol. The Morgan fingerprint density at radius 3 is 2.75 bits per heavy atom. The van der Waals surface area contributed by atoms with Crippen molar-refractivity contribution in [3.63, 3.8) is 0 Å². The van der Waals surface area contributed by atoms with Crippen LogP contribution < -0.4 is 14.8 Å². The summed E-state index contributed by atoms with van der Waals surface area (Å²) in [7, 11) is 3.17. The fraction of sp³-hybridized carbons (Fsp3) is 0.105. The third-order valence-corrected chi connectivity index (χ3v) is 5.56. The van der Waals surface area contributed by atoms with Crippen LogP contribution in [0.5, 0.6) is 11.5 Å². The molecule has 3 heterocycles. The molecule has 0 atom stereocenters. The molecule has 0 aliphatic heterocycles. The Morgan fingerprint density at radius 2 is 2.00 bits per heavy atom. The first-order valence-electron chi connectivity index (χ1n) is 8.16. The number of amides is 1. The van der Waals surface area contributed by atoms with Gasteiger partial charge in [0.2, 0.25) is 0 Å². The number of thiophene rings is 1. The molecule has 0 bridgehead atoms. The molecule has 0 unspecified atom stereocenters. The fourth-order valence-electron chi connectivity index (χ4n) is 2.61. The van der Waals surface area contributed by atoms with Crippen LogP contribution in [0.1, 0.15) is 10.5 Å². The Morgan fingerprint density at radius 1 is 1.14 bits per heavy atom. The third kappa shape index (κ3) is 3.49. The van der Waals surface area contributed by atoms with E-state index in [1.54, 1.807) is 14.2 Å². The van der Waals surface area contributed by atoms with E-state index in [0.29, 0.717) is 22.4 Å². The Labute approximate surface area is 168 Å². The summed E-state index contributed by atoms with van der Waals surface area (Å²) in [5.41, 5.74) is 1.81. The van der Waals surface area contributed by atoms with Gasteiger partial charge in [-0.15, -0.1) is 22.7 Å². The number of hydrogen-bond acceptors (Lipinski definition) is 8. The molecule has 0 aliphatic rings. The number of ether oxygens (including phenoxy) is 2. The van der Waals surface area contributed by atoms with E-state index in [0.717, 1.165) is 16.1 Å². The van der Waals surface area contributed by atoms with Crippen molar-refractivity contribution in [1.82, 2.24) is 9.97 Å². The van der Waals surface area contributed by atoms with Crippen LogP contribution in [0, 0.1) is 0 Å². The second kappa shape index (κ2) is 7.83. The Bertz CT molecular complexity index is 1100. The standard InChI is InChI=1S/C19H15N3O4S2/c1-24-13-6-5-11(8-14(13)25-2)12-9-28-19(21-12)22-18(23)16-17(26-10-20-16)15-4-3-7-27-15/h3-10H,1-2H3,(H,21,22,23). The van der Waals surface area contributed by atoms with Crippen LogP contribution in [-0.4, -0.2) is 30.1 Å². The molecule has 28 heavy (non-hydrogen) atoms. The molecule has 3 aromatic heterocycles. The van der Waals surface area contributed by atoms with Crippen molar-refractivity contribution in [3.8, 4) is 33.4 Å². The molecule has 0 saturated heterocycles. The van der Waals surface area contributed by atoms with Crippen LogP contribution >= 0.6 is 22.7 Å². The maximum Gasteiger partial charge on any atom is 0.280 e. The van der Waals surface area contributed by atoms with E-state index >= 15 is 0 Å². The van der Waals surface area contributed by atoms with Gasteiger partial charge in [-0.2, -0.15) is 0 Å². The van der Waals surface area contributed by atoms with Crippen molar-refractivity contribution in [2.24, 2.45) is 0 Å². The Kier molecular flexibility index (Phi) is 5.09. The molecule has 7 nitrogen and oxygen atoms in total. The minimum atomic E-state index is -0.370. The number of benzene rings is 1. The topological polar surface area (TPSA) is 86.5 Å². The minimum absolute atomic E-state index is 0.227. The predicted octanol–water partition coefficient (Wildman–Crippen LogP) is 4.80. The van der Waals surface area contributed by atoms with Crippen molar-refractivity contribution in [1.29, 1.82) is 0 Å². The van der Waals surface area contributed by atoms with Crippen molar-refractivity contribution in [3.05, 3.63) is 53.2 Å². The summed E-state index contributed by atoms with van der Waals surface area (Å²) < 4.78 is 16.0. The second-order valence-corrected chi connectivity index (χ2v) is 7.37. The number of hydrogen-bond donors (Lipinski definition) is 1. The molecule has 142 valence electrons. The summed E-state index contributed by atoms with van der Waals surface area (Å²) in [4.78, 5) is 22.0. The molecule has 0 aliphatic carbocycles. The normalized spacial score (nSPS) is 10.6. The number of nitrogens with one attached hydrogen (secondary N) is 1. The fourth-order valence-corrected chi connectivity index (χ4v) is 4.03. The number of aromatic nitrogens is 2. The smallest absolute Gasteiger partial charge is 0.280 e. The van der Waals surface area contributed by atoms with Gasteiger partial charge in [0, 0.05) is 10.9 Å². The van der Waals surface area contributed by atoms with Gasteiger partial charge >= 0.3 is 0 Å². The molecule has 1 amide bonds. The van der Waals surface area contributed by atoms with Gasteiger partial charge in [-0.1, -0.05) is 6.07 Å². The van der Waals surface area contributed by atoms with Gasteiger partial charge in [-0.3, -0.25) is 10.1 Å². The van der Waals surface area contributed by atoms with Gasteiger partial charge in [-0.05, 0) is 29.6 Å². The number of oxazole rings is 1. The van der Waals surface area contributed by atoms with Crippen LogP contribution in [0.25, 0.3) is 21.9 Å². The minimum Gasteiger partial charge on any atom is -0.493 e.